The molecule has 1 saturated carbocycles. The first-order chi connectivity index (χ1) is 6.76. The van der Waals surface area contributed by atoms with Crippen LogP contribution < -0.4 is 0 Å². The Hall–Kier alpha value is -0.340. The maximum Gasteiger partial charge on any atom is 0.523 e. The summed E-state index contributed by atoms with van der Waals surface area (Å²) >= 11 is 0. The van der Waals surface area contributed by atoms with Gasteiger partial charge in [-0.1, -0.05) is 0 Å². The van der Waals surface area contributed by atoms with E-state index >= 15 is 0 Å². The van der Waals surface area contributed by atoms with Gasteiger partial charge >= 0.3 is 15.6 Å². The fourth-order valence-corrected chi connectivity index (χ4v) is 1.83. The third-order valence-electron chi connectivity index (χ3n) is 2.00. The zero-order valence-corrected chi connectivity index (χ0v) is 8.77. The summed E-state index contributed by atoms with van der Waals surface area (Å²) in [5.74, 6) is 0. The van der Waals surface area contributed by atoms with Crippen LogP contribution in [-0.4, -0.2) is 32.7 Å². The molecule has 0 aromatic carbocycles. The Bertz CT molecular complexity index is 305. The molecule has 1 aliphatic rings. The van der Waals surface area contributed by atoms with Crippen LogP contribution in [0, 0.1) is 0 Å². The van der Waals surface area contributed by atoms with Gasteiger partial charge in [0.15, 0.2) is 0 Å². The quantitative estimate of drug-likeness (QED) is 0.557. The third-order valence-corrected chi connectivity index (χ3v) is 3.09. The Morgan fingerprint density at radius 3 is 2.20 bits per heavy atom. The predicted octanol–water partition coefficient (Wildman–Crippen LogP) is 1.42. The van der Waals surface area contributed by atoms with E-state index in [2.05, 4.69) is 4.18 Å². The lowest BCUT2D eigenvalue weighted by Crippen LogP contribution is -2.41. The molecule has 0 unspecified atom stereocenters. The summed E-state index contributed by atoms with van der Waals surface area (Å²) in [7, 11) is -5.45. The largest absolute Gasteiger partial charge is 0.523 e. The lowest BCUT2D eigenvalue weighted by molar-refractivity contribution is -0.0821. The lowest BCUT2D eigenvalue weighted by atomic mass is 9.92. The molecule has 0 aliphatic heterocycles. The Morgan fingerprint density at radius 1 is 1.27 bits per heavy atom. The highest BCUT2D eigenvalue weighted by Crippen LogP contribution is 2.32. The van der Waals surface area contributed by atoms with E-state index < -0.39 is 21.7 Å². The van der Waals surface area contributed by atoms with Crippen molar-refractivity contribution >= 4 is 10.1 Å². The van der Waals surface area contributed by atoms with Crippen LogP contribution >= 0.6 is 0 Å². The minimum Gasteiger partial charge on any atom is -0.378 e. The molecule has 4 nitrogen and oxygen atoms in total. The van der Waals surface area contributed by atoms with Gasteiger partial charge in [-0.25, -0.2) is 0 Å². The van der Waals surface area contributed by atoms with Gasteiger partial charge in [-0.15, -0.1) is 0 Å². The van der Waals surface area contributed by atoms with Crippen molar-refractivity contribution in [1.29, 1.82) is 0 Å². The van der Waals surface area contributed by atoms with Gasteiger partial charge in [0.05, 0.1) is 12.2 Å². The molecule has 8 heteroatoms. The normalized spacial score (nSPS) is 27.5. The average Bonchev–Trinajstić information content (AvgIpc) is 1.98. The van der Waals surface area contributed by atoms with Gasteiger partial charge in [0.1, 0.15) is 0 Å². The smallest absolute Gasteiger partial charge is 0.378 e. The molecule has 0 spiro atoms. The highest BCUT2D eigenvalue weighted by atomic mass is 32.2. The predicted molar refractivity (Wildman–Crippen MR) is 44.5 cm³/mol. The van der Waals surface area contributed by atoms with Crippen molar-refractivity contribution in [2.24, 2.45) is 0 Å². The van der Waals surface area contributed by atoms with Gasteiger partial charge in [0.25, 0.3) is 0 Å². The summed E-state index contributed by atoms with van der Waals surface area (Å²) in [6.45, 7) is 2.20. The van der Waals surface area contributed by atoms with Crippen LogP contribution in [0.4, 0.5) is 13.2 Å². The molecule has 0 atom stereocenters. The molecule has 0 radical (unpaired) electrons. The molecule has 0 saturated heterocycles. The third kappa shape index (κ3) is 3.05. The molecule has 15 heavy (non-hydrogen) atoms. The second-order valence-corrected chi connectivity index (χ2v) is 4.73. The molecule has 1 rings (SSSR count). The molecular weight excluding hydrogens is 237 g/mol. The summed E-state index contributed by atoms with van der Waals surface area (Å²) in [4.78, 5) is 0. The fourth-order valence-electron chi connectivity index (χ4n) is 1.20. The topological polar surface area (TPSA) is 52.6 Å². The summed E-state index contributed by atoms with van der Waals surface area (Å²) in [6.07, 6.45) is -0.733. The van der Waals surface area contributed by atoms with E-state index in [0.717, 1.165) is 0 Å². The van der Waals surface area contributed by atoms with Gasteiger partial charge in [-0.05, 0) is 6.92 Å². The van der Waals surface area contributed by atoms with Crippen LogP contribution in [0.5, 0.6) is 0 Å². The second kappa shape index (κ2) is 4.26. The number of hydrogen-bond acceptors (Lipinski definition) is 4. The monoisotopic (exact) mass is 248 g/mol. The minimum absolute atomic E-state index is 0.184. The Balaban J connectivity index is 2.40. The first kappa shape index (κ1) is 12.7. The average molecular weight is 248 g/mol. The molecule has 0 aromatic heterocycles. The molecule has 1 fully saturated rings. The van der Waals surface area contributed by atoms with Gasteiger partial charge < -0.3 is 4.74 Å². The van der Waals surface area contributed by atoms with Crippen LogP contribution in [-0.2, 0) is 19.0 Å². The molecular formula is C7H11F3O4S. The van der Waals surface area contributed by atoms with E-state index in [9.17, 15) is 21.6 Å². The van der Waals surface area contributed by atoms with Crippen molar-refractivity contribution in [2.45, 2.75) is 37.5 Å². The van der Waals surface area contributed by atoms with Crippen LogP contribution in [0.25, 0.3) is 0 Å². The summed E-state index contributed by atoms with van der Waals surface area (Å²) in [6, 6.07) is 0. The van der Waals surface area contributed by atoms with Crippen LogP contribution in [0.3, 0.4) is 0 Å². The van der Waals surface area contributed by atoms with Crippen LogP contribution in [0.1, 0.15) is 19.8 Å². The number of rotatable bonds is 4. The molecule has 0 heterocycles. The summed E-state index contributed by atoms with van der Waals surface area (Å²) in [5.41, 5.74) is -5.34. The number of hydrogen-bond donors (Lipinski definition) is 0. The number of alkyl halides is 3. The van der Waals surface area contributed by atoms with Crippen LogP contribution in [0.2, 0.25) is 0 Å². The lowest BCUT2D eigenvalue weighted by Gasteiger charge is -2.33. The Morgan fingerprint density at radius 2 is 1.80 bits per heavy atom. The van der Waals surface area contributed by atoms with Gasteiger partial charge in [0, 0.05) is 19.4 Å². The maximum atomic E-state index is 11.9. The standard InChI is InChI=1S/C7H11F3O4S/c1-2-13-5-3-6(4-5)14-15(11,12)7(8,9)10/h5-6H,2-4H2,1H3. The molecule has 1 aliphatic carbocycles. The van der Waals surface area contributed by atoms with Crippen molar-refractivity contribution in [2.75, 3.05) is 6.61 Å². The maximum absolute atomic E-state index is 11.9. The molecule has 0 bridgehead atoms. The minimum atomic E-state index is -5.45. The molecule has 0 aromatic rings. The van der Waals surface area contributed by atoms with Crippen molar-refractivity contribution in [3.63, 3.8) is 0 Å². The zero-order valence-electron chi connectivity index (χ0n) is 7.95. The first-order valence-electron chi connectivity index (χ1n) is 4.37. The van der Waals surface area contributed by atoms with Crippen molar-refractivity contribution in [3.8, 4) is 0 Å². The summed E-state index contributed by atoms with van der Waals surface area (Å²) in [5, 5.41) is 0. The van der Waals surface area contributed by atoms with Crippen molar-refractivity contribution < 1.29 is 30.5 Å². The number of ether oxygens (including phenoxy) is 1. The second-order valence-electron chi connectivity index (χ2n) is 3.17. The zero-order chi connectivity index (χ0) is 11.7. The van der Waals surface area contributed by atoms with Crippen LogP contribution in [0.15, 0.2) is 0 Å². The van der Waals surface area contributed by atoms with E-state index in [0.29, 0.717) is 6.61 Å². The van der Waals surface area contributed by atoms with Crippen molar-refractivity contribution in [1.82, 2.24) is 0 Å². The Kier molecular flexibility index (Phi) is 3.62. The van der Waals surface area contributed by atoms with Gasteiger partial charge in [0.2, 0.25) is 0 Å². The molecule has 90 valence electrons. The van der Waals surface area contributed by atoms with E-state index in [1.54, 1.807) is 6.92 Å². The number of halogens is 3. The SMILES string of the molecule is CCOC1CC(OS(=O)(=O)C(F)(F)F)C1. The van der Waals surface area contributed by atoms with Crippen molar-refractivity contribution in [3.05, 3.63) is 0 Å². The van der Waals surface area contributed by atoms with Gasteiger partial charge in [-0.2, -0.15) is 21.6 Å². The van der Waals surface area contributed by atoms with E-state index in [1.165, 1.54) is 0 Å². The summed E-state index contributed by atoms with van der Waals surface area (Å²) < 4.78 is 65.7. The van der Waals surface area contributed by atoms with E-state index in [1.807, 2.05) is 0 Å². The van der Waals surface area contributed by atoms with E-state index in [-0.39, 0.29) is 18.9 Å². The fraction of sp³-hybridized carbons (Fsp3) is 1.00. The highest BCUT2D eigenvalue weighted by Gasteiger charge is 2.50. The van der Waals surface area contributed by atoms with E-state index in [4.69, 9.17) is 4.74 Å². The highest BCUT2D eigenvalue weighted by molar-refractivity contribution is 7.87. The Labute approximate surface area is 85.5 Å². The van der Waals surface area contributed by atoms with Gasteiger partial charge in [-0.3, -0.25) is 4.18 Å². The molecule has 0 N–H and O–H groups in total. The first-order valence-corrected chi connectivity index (χ1v) is 5.78. The molecule has 0 amide bonds.